The molecule has 2 aromatic heterocycles. The molecule has 0 unspecified atom stereocenters. The molecule has 0 aliphatic heterocycles. The van der Waals surface area contributed by atoms with Gasteiger partial charge >= 0.3 is 0 Å². The fourth-order valence-electron chi connectivity index (χ4n) is 1.68. The van der Waals surface area contributed by atoms with Crippen LogP contribution in [0.2, 0.25) is 0 Å². The van der Waals surface area contributed by atoms with E-state index in [1.54, 1.807) is 11.3 Å². The van der Waals surface area contributed by atoms with E-state index in [1.165, 1.54) is 0 Å². The average molecular weight is 228 g/mol. The van der Waals surface area contributed by atoms with Gasteiger partial charge in [0.15, 0.2) is 0 Å². The molecule has 1 aromatic carbocycles. The fourth-order valence-corrected chi connectivity index (χ4v) is 2.58. The second kappa shape index (κ2) is 3.57. The van der Waals surface area contributed by atoms with Crippen LogP contribution in [0.1, 0.15) is 0 Å². The SMILES string of the molecule is O=c1[nH]nc(-c2ccccc2)c2sccc12. The second-order valence-corrected chi connectivity index (χ2v) is 4.35. The predicted octanol–water partition coefficient (Wildman–Crippen LogP) is 2.65. The number of rotatable bonds is 1. The van der Waals surface area contributed by atoms with Crippen molar-refractivity contribution in [1.82, 2.24) is 10.2 Å². The molecule has 16 heavy (non-hydrogen) atoms. The van der Waals surface area contributed by atoms with Gasteiger partial charge in [-0.25, -0.2) is 5.10 Å². The van der Waals surface area contributed by atoms with E-state index in [-0.39, 0.29) is 5.56 Å². The van der Waals surface area contributed by atoms with E-state index in [1.807, 2.05) is 41.8 Å². The third-order valence-electron chi connectivity index (χ3n) is 2.44. The van der Waals surface area contributed by atoms with Gasteiger partial charge in [-0.1, -0.05) is 30.3 Å². The van der Waals surface area contributed by atoms with Gasteiger partial charge in [0.1, 0.15) is 5.69 Å². The Labute approximate surface area is 95.4 Å². The number of hydrogen-bond donors (Lipinski definition) is 1. The molecule has 3 rings (SSSR count). The largest absolute Gasteiger partial charge is 0.272 e. The molecule has 0 saturated heterocycles. The van der Waals surface area contributed by atoms with Crippen LogP contribution in [0.5, 0.6) is 0 Å². The Morgan fingerprint density at radius 2 is 1.94 bits per heavy atom. The molecule has 0 saturated carbocycles. The topological polar surface area (TPSA) is 45.8 Å². The van der Waals surface area contributed by atoms with Crippen LogP contribution < -0.4 is 5.56 Å². The molecule has 0 atom stereocenters. The molecule has 0 aliphatic carbocycles. The van der Waals surface area contributed by atoms with Crippen LogP contribution in [0.3, 0.4) is 0 Å². The highest BCUT2D eigenvalue weighted by molar-refractivity contribution is 7.17. The number of aromatic nitrogens is 2. The molecule has 4 heteroatoms. The molecule has 0 bridgehead atoms. The molecule has 3 nitrogen and oxygen atoms in total. The quantitative estimate of drug-likeness (QED) is 0.696. The van der Waals surface area contributed by atoms with E-state index in [4.69, 9.17) is 0 Å². The minimum atomic E-state index is -0.129. The van der Waals surface area contributed by atoms with Gasteiger partial charge in [0.25, 0.3) is 5.56 Å². The maximum absolute atomic E-state index is 11.5. The highest BCUT2D eigenvalue weighted by Gasteiger charge is 2.08. The Morgan fingerprint density at radius 3 is 2.75 bits per heavy atom. The molecule has 0 fully saturated rings. The van der Waals surface area contributed by atoms with Gasteiger partial charge in [-0.05, 0) is 11.4 Å². The lowest BCUT2D eigenvalue weighted by atomic mass is 10.1. The number of thiophene rings is 1. The zero-order valence-electron chi connectivity index (χ0n) is 8.31. The Hall–Kier alpha value is -1.94. The minimum absolute atomic E-state index is 0.129. The smallest absolute Gasteiger partial charge is 0.267 e. The molecule has 0 spiro atoms. The molecule has 2 heterocycles. The van der Waals surface area contributed by atoms with Gasteiger partial charge in [-0.3, -0.25) is 4.79 Å². The highest BCUT2D eigenvalue weighted by Crippen LogP contribution is 2.27. The maximum atomic E-state index is 11.5. The Morgan fingerprint density at radius 1 is 1.12 bits per heavy atom. The van der Waals surface area contributed by atoms with Crippen molar-refractivity contribution in [1.29, 1.82) is 0 Å². The van der Waals surface area contributed by atoms with Crippen molar-refractivity contribution in [2.24, 2.45) is 0 Å². The Bertz CT molecular complexity index is 685. The van der Waals surface area contributed by atoms with Crippen molar-refractivity contribution < 1.29 is 0 Å². The van der Waals surface area contributed by atoms with Crippen LogP contribution in [0, 0.1) is 0 Å². The third-order valence-corrected chi connectivity index (χ3v) is 3.36. The number of H-pyrrole nitrogens is 1. The van der Waals surface area contributed by atoms with Gasteiger partial charge in [-0.2, -0.15) is 5.10 Å². The van der Waals surface area contributed by atoms with Crippen molar-refractivity contribution in [3.05, 3.63) is 52.1 Å². The van der Waals surface area contributed by atoms with Gasteiger partial charge < -0.3 is 0 Å². The van der Waals surface area contributed by atoms with E-state index in [9.17, 15) is 4.79 Å². The lowest BCUT2D eigenvalue weighted by molar-refractivity contribution is 1.02. The number of benzene rings is 1. The van der Waals surface area contributed by atoms with Crippen LogP contribution in [-0.4, -0.2) is 10.2 Å². The molecule has 0 aliphatic rings. The number of nitrogens with zero attached hydrogens (tertiary/aromatic N) is 1. The predicted molar refractivity (Wildman–Crippen MR) is 65.7 cm³/mol. The maximum Gasteiger partial charge on any atom is 0.272 e. The number of fused-ring (bicyclic) bond motifs is 1. The summed E-state index contributed by atoms with van der Waals surface area (Å²) in [5, 5.41) is 9.27. The summed E-state index contributed by atoms with van der Waals surface area (Å²) in [6.45, 7) is 0. The van der Waals surface area contributed by atoms with Crippen molar-refractivity contribution in [2.45, 2.75) is 0 Å². The number of aromatic amines is 1. The minimum Gasteiger partial charge on any atom is -0.267 e. The van der Waals surface area contributed by atoms with Crippen molar-refractivity contribution in [3.63, 3.8) is 0 Å². The first kappa shape index (κ1) is 9.30. The van der Waals surface area contributed by atoms with E-state index < -0.39 is 0 Å². The number of hydrogen-bond acceptors (Lipinski definition) is 3. The normalized spacial score (nSPS) is 10.8. The zero-order chi connectivity index (χ0) is 11.0. The summed E-state index contributed by atoms with van der Waals surface area (Å²) in [7, 11) is 0. The summed E-state index contributed by atoms with van der Waals surface area (Å²) in [5.41, 5.74) is 1.73. The van der Waals surface area contributed by atoms with Gasteiger partial charge in [0.05, 0.1) is 10.1 Å². The van der Waals surface area contributed by atoms with Crippen LogP contribution >= 0.6 is 11.3 Å². The first-order valence-corrected chi connectivity index (χ1v) is 5.75. The van der Waals surface area contributed by atoms with Crippen LogP contribution in [-0.2, 0) is 0 Å². The van der Waals surface area contributed by atoms with Crippen LogP contribution in [0.25, 0.3) is 21.3 Å². The molecular formula is C12H8N2OS. The van der Waals surface area contributed by atoms with Crippen molar-refractivity contribution >= 4 is 21.4 Å². The standard InChI is InChI=1S/C12H8N2OS/c15-12-9-6-7-16-11(9)10(13-14-12)8-4-2-1-3-5-8/h1-7H,(H,14,15). The monoisotopic (exact) mass is 228 g/mol. The first-order valence-electron chi connectivity index (χ1n) is 4.87. The van der Waals surface area contributed by atoms with Gasteiger partial charge in [-0.15, -0.1) is 11.3 Å². The van der Waals surface area contributed by atoms with Gasteiger partial charge in [0, 0.05) is 5.56 Å². The van der Waals surface area contributed by atoms with Gasteiger partial charge in [0.2, 0.25) is 0 Å². The Balaban J connectivity index is 2.37. The number of nitrogens with one attached hydrogen (secondary N) is 1. The average Bonchev–Trinajstić information content (AvgIpc) is 2.81. The summed E-state index contributed by atoms with van der Waals surface area (Å²) < 4.78 is 0.940. The fraction of sp³-hybridized carbons (Fsp3) is 0. The molecular weight excluding hydrogens is 220 g/mol. The van der Waals surface area contributed by atoms with Crippen LogP contribution in [0.15, 0.2) is 46.6 Å². The highest BCUT2D eigenvalue weighted by atomic mass is 32.1. The second-order valence-electron chi connectivity index (χ2n) is 3.43. The lowest BCUT2D eigenvalue weighted by Gasteiger charge is -2.00. The van der Waals surface area contributed by atoms with Crippen LogP contribution in [0.4, 0.5) is 0 Å². The Kier molecular flexibility index (Phi) is 2.08. The van der Waals surface area contributed by atoms with Crippen molar-refractivity contribution in [2.75, 3.05) is 0 Å². The molecule has 1 N–H and O–H groups in total. The molecule has 3 aromatic rings. The first-order chi connectivity index (χ1) is 7.86. The summed E-state index contributed by atoms with van der Waals surface area (Å²) in [6.07, 6.45) is 0. The lowest BCUT2D eigenvalue weighted by Crippen LogP contribution is -2.07. The van der Waals surface area contributed by atoms with E-state index >= 15 is 0 Å². The van der Waals surface area contributed by atoms with E-state index in [0.717, 1.165) is 16.0 Å². The summed E-state index contributed by atoms with van der Waals surface area (Å²) >= 11 is 1.54. The van der Waals surface area contributed by atoms with E-state index in [0.29, 0.717) is 5.39 Å². The van der Waals surface area contributed by atoms with Crippen molar-refractivity contribution in [3.8, 4) is 11.3 Å². The molecule has 0 amide bonds. The summed E-state index contributed by atoms with van der Waals surface area (Å²) in [5.74, 6) is 0. The third kappa shape index (κ3) is 1.35. The zero-order valence-corrected chi connectivity index (χ0v) is 9.12. The van der Waals surface area contributed by atoms with E-state index in [2.05, 4.69) is 10.2 Å². The molecule has 78 valence electrons. The summed E-state index contributed by atoms with van der Waals surface area (Å²) in [6, 6.07) is 11.7. The molecule has 0 radical (unpaired) electrons. The summed E-state index contributed by atoms with van der Waals surface area (Å²) in [4.78, 5) is 11.5.